The predicted octanol–water partition coefficient (Wildman–Crippen LogP) is 1.53. The number of aromatic hydroxyl groups is 1. The first-order valence-corrected chi connectivity index (χ1v) is 4.88. The van der Waals surface area contributed by atoms with Crippen molar-refractivity contribution in [2.45, 2.75) is 24.8 Å². The maximum atomic E-state index is 9.79. The third-order valence-electron chi connectivity index (χ3n) is 3.22. The van der Waals surface area contributed by atoms with E-state index in [2.05, 4.69) is 11.4 Å². The van der Waals surface area contributed by atoms with Gasteiger partial charge in [-0.15, -0.1) is 0 Å². The number of hydrogen-bond acceptors (Lipinski definition) is 2. The van der Waals surface area contributed by atoms with E-state index in [1.165, 1.54) is 24.0 Å². The lowest BCUT2D eigenvalue weighted by atomic mass is 9.91. The van der Waals surface area contributed by atoms with Crippen LogP contribution < -0.4 is 5.32 Å². The van der Waals surface area contributed by atoms with Gasteiger partial charge in [0.25, 0.3) is 0 Å². The zero-order valence-electron chi connectivity index (χ0n) is 7.51. The van der Waals surface area contributed by atoms with E-state index in [4.69, 9.17) is 0 Å². The lowest BCUT2D eigenvalue weighted by molar-refractivity contribution is 0.424. The summed E-state index contributed by atoms with van der Waals surface area (Å²) in [5.41, 5.74) is 2.65. The molecule has 1 aromatic rings. The third-order valence-corrected chi connectivity index (χ3v) is 3.22. The minimum absolute atomic E-state index is 0.152. The Kier molecular flexibility index (Phi) is 1.29. The Bertz CT molecular complexity index is 355. The summed E-state index contributed by atoms with van der Waals surface area (Å²) in [6.45, 7) is 1.05. The Labute approximate surface area is 77.6 Å². The standard InChI is InChI=1S/C11H13NO/c13-9-3-1-2-8-4-7-12-11(5-6-11)10(8)9/h1-3,12-13H,4-7H2. The molecule has 1 saturated carbocycles. The number of rotatable bonds is 0. The summed E-state index contributed by atoms with van der Waals surface area (Å²) in [6, 6.07) is 5.87. The van der Waals surface area contributed by atoms with Crippen molar-refractivity contribution in [1.82, 2.24) is 5.32 Å². The second kappa shape index (κ2) is 2.26. The first kappa shape index (κ1) is 7.39. The molecule has 0 unspecified atom stereocenters. The van der Waals surface area contributed by atoms with Crippen molar-refractivity contribution in [2.75, 3.05) is 6.54 Å². The largest absolute Gasteiger partial charge is 0.508 e. The van der Waals surface area contributed by atoms with Crippen molar-refractivity contribution in [3.05, 3.63) is 29.3 Å². The van der Waals surface area contributed by atoms with E-state index < -0.39 is 0 Å². The van der Waals surface area contributed by atoms with Crippen LogP contribution in [-0.4, -0.2) is 11.7 Å². The van der Waals surface area contributed by atoms with E-state index in [1.807, 2.05) is 6.07 Å². The van der Waals surface area contributed by atoms with Crippen molar-refractivity contribution in [2.24, 2.45) is 0 Å². The second-order valence-electron chi connectivity index (χ2n) is 4.07. The van der Waals surface area contributed by atoms with Gasteiger partial charge in [-0.2, -0.15) is 0 Å². The van der Waals surface area contributed by atoms with E-state index in [9.17, 15) is 5.11 Å². The molecule has 2 heteroatoms. The van der Waals surface area contributed by atoms with Gasteiger partial charge in [0.15, 0.2) is 0 Å². The number of phenols is 1. The summed E-state index contributed by atoms with van der Waals surface area (Å²) in [4.78, 5) is 0. The van der Waals surface area contributed by atoms with Crippen LogP contribution >= 0.6 is 0 Å². The number of phenolic OH excluding ortho intramolecular Hbond substituents is 1. The minimum atomic E-state index is 0.152. The van der Waals surface area contributed by atoms with Crippen molar-refractivity contribution in [3.63, 3.8) is 0 Å². The summed E-state index contributed by atoms with van der Waals surface area (Å²) in [5.74, 6) is 0.474. The molecule has 0 amide bonds. The molecule has 0 atom stereocenters. The highest BCUT2D eigenvalue weighted by atomic mass is 16.3. The van der Waals surface area contributed by atoms with Crippen LogP contribution in [0.5, 0.6) is 5.75 Å². The zero-order chi connectivity index (χ0) is 8.89. The third kappa shape index (κ3) is 0.923. The van der Waals surface area contributed by atoms with Crippen LogP contribution in [0, 0.1) is 0 Å². The summed E-state index contributed by atoms with van der Waals surface area (Å²) in [5, 5.41) is 13.3. The normalized spacial score (nSPS) is 22.8. The van der Waals surface area contributed by atoms with Crippen LogP contribution in [0.25, 0.3) is 0 Å². The van der Waals surface area contributed by atoms with Gasteiger partial charge >= 0.3 is 0 Å². The molecule has 68 valence electrons. The number of hydrogen-bond donors (Lipinski definition) is 2. The molecule has 3 rings (SSSR count). The maximum absolute atomic E-state index is 9.79. The first-order valence-electron chi connectivity index (χ1n) is 4.88. The van der Waals surface area contributed by atoms with Gasteiger partial charge in [0.1, 0.15) is 5.75 Å². The predicted molar refractivity (Wildman–Crippen MR) is 50.7 cm³/mol. The van der Waals surface area contributed by atoms with Crippen LogP contribution in [0.15, 0.2) is 18.2 Å². The van der Waals surface area contributed by atoms with Gasteiger partial charge in [-0.3, -0.25) is 0 Å². The molecule has 2 N–H and O–H groups in total. The average molecular weight is 175 g/mol. The van der Waals surface area contributed by atoms with E-state index in [1.54, 1.807) is 6.07 Å². The van der Waals surface area contributed by atoms with Crippen LogP contribution in [0.4, 0.5) is 0 Å². The van der Waals surface area contributed by atoms with Crippen LogP contribution in [0.3, 0.4) is 0 Å². The van der Waals surface area contributed by atoms with Gasteiger partial charge in [0, 0.05) is 17.6 Å². The highest BCUT2D eigenvalue weighted by Crippen LogP contribution is 2.51. The SMILES string of the molecule is Oc1cccc2c1C1(CC1)NCC2. The van der Waals surface area contributed by atoms with Crippen molar-refractivity contribution < 1.29 is 5.11 Å². The molecule has 2 aliphatic rings. The Morgan fingerprint density at radius 1 is 1.31 bits per heavy atom. The Morgan fingerprint density at radius 3 is 2.92 bits per heavy atom. The fraction of sp³-hybridized carbons (Fsp3) is 0.455. The fourth-order valence-electron chi connectivity index (χ4n) is 2.42. The van der Waals surface area contributed by atoms with Crippen molar-refractivity contribution in [3.8, 4) is 5.75 Å². The molecular formula is C11H13NO. The van der Waals surface area contributed by atoms with Gasteiger partial charge in [0.05, 0.1) is 0 Å². The molecule has 1 aliphatic heterocycles. The molecule has 1 fully saturated rings. The highest BCUT2D eigenvalue weighted by Gasteiger charge is 2.48. The fourth-order valence-corrected chi connectivity index (χ4v) is 2.42. The molecule has 1 heterocycles. The maximum Gasteiger partial charge on any atom is 0.120 e. The van der Waals surface area contributed by atoms with Crippen LogP contribution in [0.2, 0.25) is 0 Å². The van der Waals surface area contributed by atoms with Crippen LogP contribution in [-0.2, 0) is 12.0 Å². The Morgan fingerprint density at radius 2 is 2.15 bits per heavy atom. The van der Waals surface area contributed by atoms with Gasteiger partial charge in [-0.1, -0.05) is 12.1 Å². The minimum Gasteiger partial charge on any atom is -0.508 e. The molecule has 1 spiro atoms. The summed E-state index contributed by atoms with van der Waals surface area (Å²) in [6.07, 6.45) is 3.40. The summed E-state index contributed by atoms with van der Waals surface area (Å²) >= 11 is 0. The first-order chi connectivity index (χ1) is 6.32. The molecule has 2 nitrogen and oxygen atoms in total. The molecule has 0 radical (unpaired) electrons. The number of benzene rings is 1. The Hall–Kier alpha value is -1.02. The molecular weight excluding hydrogens is 162 g/mol. The summed E-state index contributed by atoms with van der Waals surface area (Å²) < 4.78 is 0. The van der Waals surface area contributed by atoms with Crippen molar-refractivity contribution in [1.29, 1.82) is 0 Å². The average Bonchev–Trinajstić information content (AvgIpc) is 2.86. The van der Waals surface area contributed by atoms with E-state index in [-0.39, 0.29) is 5.54 Å². The topological polar surface area (TPSA) is 32.3 Å². The number of fused-ring (bicyclic) bond motifs is 2. The highest BCUT2D eigenvalue weighted by molar-refractivity contribution is 5.49. The van der Waals surface area contributed by atoms with E-state index >= 15 is 0 Å². The summed E-state index contributed by atoms with van der Waals surface area (Å²) in [7, 11) is 0. The van der Waals surface area contributed by atoms with Gasteiger partial charge in [-0.25, -0.2) is 0 Å². The number of nitrogens with one attached hydrogen (secondary N) is 1. The molecule has 1 aromatic carbocycles. The smallest absolute Gasteiger partial charge is 0.120 e. The molecule has 0 bridgehead atoms. The van der Waals surface area contributed by atoms with E-state index in [0.29, 0.717) is 5.75 Å². The van der Waals surface area contributed by atoms with Crippen LogP contribution in [0.1, 0.15) is 24.0 Å². The quantitative estimate of drug-likeness (QED) is 0.626. The lowest BCUT2D eigenvalue weighted by Crippen LogP contribution is -2.36. The monoisotopic (exact) mass is 175 g/mol. The molecule has 0 aromatic heterocycles. The van der Waals surface area contributed by atoms with E-state index in [0.717, 1.165) is 13.0 Å². The van der Waals surface area contributed by atoms with Crippen molar-refractivity contribution >= 4 is 0 Å². The van der Waals surface area contributed by atoms with Gasteiger partial charge < -0.3 is 10.4 Å². The van der Waals surface area contributed by atoms with Gasteiger partial charge in [-0.05, 0) is 30.9 Å². The van der Waals surface area contributed by atoms with Gasteiger partial charge in [0.2, 0.25) is 0 Å². The second-order valence-corrected chi connectivity index (χ2v) is 4.07. The lowest BCUT2D eigenvalue weighted by Gasteiger charge is -2.27. The molecule has 13 heavy (non-hydrogen) atoms. The zero-order valence-corrected chi connectivity index (χ0v) is 7.51. The Balaban J connectivity index is 2.21. The molecule has 1 aliphatic carbocycles. The molecule has 0 saturated heterocycles.